The first-order chi connectivity index (χ1) is 8.84. The summed E-state index contributed by atoms with van der Waals surface area (Å²) in [5.41, 5.74) is 0. The van der Waals surface area contributed by atoms with Gasteiger partial charge in [-0.25, -0.2) is 0 Å². The summed E-state index contributed by atoms with van der Waals surface area (Å²) in [6.45, 7) is 5.99. The van der Waals surface area contributed by atoms with Crippen molar-refractivity contribution >= 4 is 5.91 Å². The number of nitrogens with one attached hydrogen (secondary N) is 1. The number of likely N-dealkylation sites (tertiary alicyclic amines) is 1. The average molecular weight is 251 g/mol. The van der Waals surface area contributed by atoms with Gasteiger partial charge < -0.3 is 10.2 Å². The van der Waals surface area contributed by atoms with E-state index in [1.54, 1.807) is 0 Å². The zero-order chi connectivity index (χ0) is 12.4. The molecule has 102 valence electrons. The van der Waals surface area contributed by atoms with Gasteiger partial charge in [-0.15, -0.1) is 0 Å². The summed E-state index contributed by atoms with van der Waals surface area (Å²) < 4.78 is 0. The largest absolute Gasteiger partial charge is 0.339 e. The van der Waals surface area contributed by atoms with Gasteiger partial charge in [0, 0.05) is 26.2 Å². The second-order valence-electron chi connectivity index (χ2n) is 6.00. The minimum absolute atomic E-state index is 0.196. The van der Waals surface area contributed by atoms with E-state index in [4.69, 9.17) is 0 Å². The van der Waals surface area contributed by atoms with Crippen LogP contribution in [0, 0.1) is 5.92 Å². The molecule has 2 heterocycles. The lowest BCUT2D eigenvalue weighted by Crippen LogP contribution is -2.52. The normalized spacial score (nSPS) is 29.8. The Morgan fingerprint density at radius 2 is 1.89 bits per heavy atom. The topological polar surface area (TPSA) is 35.6 Å². The van der Waals surface area contributed by atoms with Crippen LogP contribution in [0.1, 0.15) is 32.1 Å². The molecule has 1 N–H and O–H groups in total. The van der Waals surface area contributed by atoms with Crippen molar-refractivity contribution in [3.05, 3.63) is 0 Å². The average Bonchev–Trinajstić information content (AvgIpc) is 3.14. The molecule has 1 unspecified atom stereocenters. The molecule has 4 nitrogen and oxygen atoms in total. The first-order valence-corrected chi connectivity index (χ1v) is 7.58. The third-order valence-electron chi connectivity index (χ3n) is 4.60. The van der Waals surface area contributed by atoms with E-state index in [1.807, 2.05) is 0 Å². The standard InChI is InChI=1S/C14H25N3O/c18-14(17-10-6-15-7-11-17)13-2-1-8-16(13)9-5-12-3-4-12/h12-13,15H,1-11H2. The number of nitrogens with zero attached hydrogens (tertiary/aromatic N) is 2. The Bertz CT molecular complexity index is 297. The molecule has 4 heteroatoms. The summed E-state index contributed by atoms with van der Waals surface area (Å²) in [4.78, 5) is 17.0. The maximum Gasteiger partial charge on any atom is 0.240 e. The van der Waals surface area contributed by atoms with Crippen molar-refractivity contribution in [2.45, 2.75) is 38.1 Å². The lowest BCUT2D eigenvalue weighted by molar-refractivity contribution is -0.136. The van der Waals surface area contributed by atoms with E-state index in [2.05, 4.69) is 15.1 Å². The lowest BCUT2D eigenvalue weighted by Gasteiger charge is -2.33. The molecule has 3 fully saturated rings. The van der Waals surface area contributed by atoms with Crippen LogP contribution in [0.4, 0.5) is 0 Å². The molecule has 3 aliphatic rings. The molecule has 0 radical (unpaired) electrons. The van der Waals surface area contributed by atoms with Crippen LogP contribution in [-0.4, -0.2) is 61.0 Å². The highest BCUT2D eigenvalue weighted by Gasteiger charge is 2.34. The number of hydrogen-bond acceptors (Lipinski definition) is 3. The van der Waals surface area contributed by atoms with Crippen molar-refractivity contribution in [1.82, 2.24) is 15.1 Å². The van der Waals surface area contributed by atoms with Gasteiger partial charge in [0.1, 0.15) is 0 Å². The molecule has 3 rings (SSSR count). The van der Waals surface area contributed by atoms with Crippen LogP contribution in [0.2, 0.25) is 0 Å². The van der Waals surface area contributed by atoms with Crippen LogP contribution in [0.5, 0.6) is 0 Å². The number of carbonyl (C=O) groups excluding carboxylic acids is 1. The number of carbonyl (C=O) groups is 1. The van der Waals surface area contributed by atoms with E-state index in [1.165, 1.54) is 25.7 Å². The highest BCUT2D eigenvalue weighted by Crippen LogP contribution is 2.33. The first-order valence-electron chi connectivity index (χ1n) is 7.58. The van der Waals surface area contributed by atoms with Gasteiger partial charge in [-0.2, -0.15) is 0 Å². The molecule has 0 aromatic heterocycles. The van der Waals surface area contributed by atoms with Gasteiger partial charge in [-0.1, -0.05) is 12.8 Å². The highest BCUT2D eigenvalue weighted by atomic mass is 16.2. The minimum Gasteiger partial charge on any atom is -0.339 e. The summed E-state index contributed by atoms with van der Waals surface area (Å²) in [6.07, 6.45) is 6.43. The third kappa shape index (κ3) is 2.86. The molecule has 0 aromatic carbocycles. The maximum atomic E-state index is 12.5. The molecule has 1 atom stereocenters. The van der Waals surface area contributed by atoms with Crippen LogP contribution >= 0.6 is 0 Å². The van der Waals surface area contributed by atoms with E-state index in [0.29, 0.717) is 5.91 Å². The summed E-state index contributed by atoms with van der Waals surface area (Å²) in [5, 5.41) is 3.31. The molecule has 1 saturated carbocycles. The monoisotopic (exact) mass is 251 g/mol. The SMILES string of the molecule is O=C(C1CCCN1CCC1CC1)N1CCNCC1. The van der Waals surface area contributed by atoms with Crippen LogP contribution in [0.15, 0.2) is 0 Å². The van der Waals surface area contributed by atoms with Crippen LogP contribution in [-0.2, 0) is 4.79 Å². The Morgan fingerprint density at radius 3 is 2.61 bits per heavy atom. The van der Waals surface area contributed by atoms with E-state index >= 15 is 0 Å². The van der Waals surface area contributed by atoms with Crippen molar-refractivity contribution in [2.24, 2.45) is 5.92 Å². The highest BCUT2D eigenvalue weighted by molar-refractivity contribution is 5.82. The van der Waals surface area contributed by atoms with E-state index in [-0.39, 0.29) is 6.04 Å². The Hall–Kier alpha value is -0.610. The molecular weight excluding hydrogens is 226 g/mol. The molecule has 0 spiro atoms. The fourth-order valence-corrected chi connectivity index (χ4v) is 3.22. The van der Waals surface area contributed by atoms with Crippen molar-refractivity contribution < 1.29 is 4.79 Å². The number of piperazine rings is 1. The first kappa shape index (κ1) is 12.4. The van der Waals surface area contributed by atoms with Crippen LogP contribution in [0.25, 0.3) is 0 Å². The summed E-state index contributed by atoms with van der Waals surface area (Å²) in [6, 6.07) is 0.196. The minimum atomic E-state index is 0.196. The predicted molar refractivity (Wildman–Crippen MR) is 71.4 cm³/mol. The Morgan fingerprint density at radius 1 is 1.11 bits per heavy atom. The quantitative estimate of drug-likeness (QED) is 0.798. The summed E-state index contributed by atoms with van der Waals surface area (Å²) >= 11 is 0. The second-order valence-corrected chi connectivity index (χ2v) is 6.00. The van der Waals surface area contributed by atoms with Crippen molar-refractivity contribution in [3.8, 4) is 0 Å². The van der Waals surface area contributed by atoms with Crippen molar-refractivity contribution in [2.75, 3.05) is 39.3 Å². The van der Waals surface area contributed by atoms with E-state index < -0.39 is 0 Å². The predicted octanol–water partition coefficient (Wildman–Crippen LogP) is 0.683. The third-order valence-corrected chi connectivity index (χ3v) is 4.60. The Labute approximate surface area is 110 Å². The number of amides is 1. The van der Waals surface area contributed by atoms with Gasteiger partial charge in [0.05, 0.1) is 6.04 Å². The van der Waals surface area contributed by atoms with E-state index in [0.717, 1.165) is 51.6 Å². The fraction of sp³-hybridized carbons (Fsp3) is 0.929. The number of hydrogen-bond donors (Lipinski definition) is 1. The van der Waals surface area contributed by atoms with Gasteiger partial charge >= 0.3 is 0 Å². The Kier molecular flexibility index (Phi) is 3.85. The van der Waals surface area contributed by atoms with Gasteiger partial charge in [0.15, 0.2) is 0 Å². The van der Waals surface area contributed by atoms with Gasteiger partial charge in [0.25, 0.3) is 0 Å². The van der Waals surface area contributed by atoms with Gasteiger partial charge in [0.2, 0.25) is 5.91 Å². The Balaban J connectivity index is 1.53. The molecule has 0 bridgehead atoms. The smallest absolute Gasteiger partial charge is 0.240 e. The molecule has 1 aliphatic carbocycles. The van der Waals surface area contributed by atoms with E-state index in [9.17, 15) is 4.79 Å². The van der Waals surface area contributed by atoms with Gasteiger partial charge in [-0.05, 0) is 38.3 Å². The molecular formula is C14H25N3O. The molecule has 0 aromatic rings. The maximum absolute atomic E-state index is 12.5. The van der Waals surface area contributed by atoms with Crippen molar-refractivity contribution in [1.29, 1.82) is 0 Å². The fourth-order valence-electron chi connectivity index (χ4n) is 3.22. The molecule has 1 amide bonds. The second kappa shape index (κ2) is 5.57. The summed E-state index contributed by atoms with van der Waals surface area (Å²) in [5.74, 6) is 1.37. The molecule has 18 heavy (non-hydrogen) atoms. The zero-order valence-electron chi connectivity index (χ0n) is 11.2. The number of rotatable bonds is 4. The van der Waals surface area contributed by atoms with Crippen molar-refractivity contribution in [3.63, 3.8) is 0 Å². The molecule has 2 saturated heterocycles. The molecule has 2 aliphatic heterocycles. The summed E-state index contributed by atoms with van der Waals surface area (Å²) in [7, 11) is 0. The lowest BCUT2D eigenvalue weighted by atomic mass is 10.1. The van der Waals surface area contributed by atoms with Gasteiger partial charge in [-0.3, -0.25) is 9.69 Å². The van der Waals surface area contributed by atoms with Crippen LogP contribution in [0.3, 0.4) is 0 Å². The zero-order valence-corrected chi connectivity index (χ0v) is 11.2. The van der Waals surface area contributed by atoms with Crippen LogP contribution < -0.4 is 5.32 Å².